The van der Waals surface area contributed by atoms with E-state index in [1.54, 1.807) is 12.3 Å². The van der Waals surface area contributed by atoms with Crippen molar-refractivity contribution in [3.63, 3.8) is 0 Å². The summed E-state index contributed by atoms with van der Waals surface area (Å²) in [6.07, 6.45) is 8.44. The number of benzene rings is 2. The van der Waals surface area contributed by atoms with E-state index in [4.69, 9.17) is 0 Å². The van der Waals surface area contributed by atoms with Crippen molar-refractivity contribution in [1.29, 1.82) is 0 Å². The summed E-state index contributed by atoms with van der Waals surface area (Å²) in [6, 6.07) is 19.1. The minimum absolute atomic E-state index is 0.0955. The minimum Gasteiger partial charge on any atom is -0.481 e. The van der Waals surface area contributed by atoms with Crippen LogP contribution in [0.3, 0.4) is 0 Å². The summed E-state index contributed by atoms with van der Waals surface area (Å²) in [6.45, 7) is 8.83. The van der Waals surface area contributed by atoms with Crippen molar-refractivity contribution < 1.29 is 19.5 Å². The third-order valence-electron chi connectivity index (χ3n) is 10.0. The number of amides is 2. The molecule has 2 amide bonds. The predicted octanol–water partition coefficient (Wildman–Crippen LogP) is 7.13. The first-order chi connectivity index (χ1) is 23.5. The molecule has 1 saturated carbocycles. The molecule has 10 heteroatoms. The number of carboxylic acids is 1. The summed E-state index contributed by atoms with van der Waals surface area (Å²) < 4.78 is 0. The van der Waals surface area contributed by atoms with Gasteiger partial charge < -0.3 is 15.3 Å². The molecule has 1 aliphatic carbocycles. The first kappa shape index (κ1) is 34.4. The highest BCUT2D eigenvalue weighted by molar-refractivity contribution is 7.14. The molecule has 3 heterocycles. The van der Waals surface area contributed by atoms with Gasteiger partial charge in [0.05, 0.1) is 17.0 Å². The fourth-order valence-corrected chi connectivity index (χ4v) is 7.69. The second-order valence-corrected chi connectivity index (χ2v) is 15.6. The number of nitrogens with one attached hydrogen (secondary N) is 1. The van der Waals surface area contributed by atoms with E-state index >= 15 is 0 Å². The molecular weight excluding hydrogens is 635 g/mol. The molecule has 4 aromatic rings. The van der Waals surface area contributed by atoms with Gasteiger partial charge in [0, 0.05) is 35.5 Å². The zero-order valence-corrected chi connectivity index (χ0v) is 29.5. The number of carboxylic acid groups (broad SMARTS) is 1. The lowest BCUT2D eigenvalue weighted by molar-refractivity contribution is -0.153. The van der Waals surface area contributed by atoms with Crippen LogP contribution in [0.15, 0.2) is 66.9 Å². The van der Waals surface area contributed by atoms with Gasteiger partial charge in [-0.05, 0) is 66.2 Å². The molecule has 2 N–H and O–H groups in total. The van der Waals surface area contributed by atoms with Crippen molar-refractivity contribution in [3.05, 3.63) is 87.7 Å². The van der Waals surface area contributed by atoms with Crippen molar-refractivity contribution in [2.75, 3.05) is 13.1 Å². The maximum absolute atomic E-state index is 13.5. The Morgan fingerprint density at radius 1 is 0.918 bits per heavy atom. The van der Waals surface area contributed by atoms with Gasteiger partial charge in [0.1, 0.15) is 11.7 Å². The summed E-state index contributed by atoms with van der Waals surface area (Å²) in [7, 11) is 0. The Morgan fingerprint density at radius 3 is 2.16 bits per heavy atom. The normalized spacial score (nSPS) is 18.8. The van der Waals surface area contributed by atoms with Crippen LogP contribution in [0.5, 0.6) is 0 Å². The quantitative estimate of drug-likeness (QED) is 0.183. The van der Waals surface area contributed by atoms with Crippen molar-refractivity contribution in [1.82, 2.24) is 25.4 Å². The Hall–Kier alpha value is -4.44. The minimum atomic E-state index is -0.920. The van der Waals surface area contributed by atoms with Gasteiger partial charge >= 0.3 is 5.97 Å². The van der Waals surface area contributed by atoms with E-state index < -0.39 is 17.9 Å². The molecule has 1 saturated heterocycles. The Labute approximate surface area is 292 Å². The first-order valence-corrected chi connectivity index (χ1v) is 18.1. The lowest BCUT2D eigenvalue weighted by Gasteiger charge is -2.38. The molecule has 49 heavy (non-hydrogen) atoms. The molecule has 0 radical (unpaired) electrons. The van der Waals surface area contributed by atoms with E-state index in [0.717, 1.165) is 33.2 Å². The standard InChI is InChI=1S/C39H45N5O4S/c1-5-24-6-10-26(11-7-24)27-14-16-28(17-15-27)32-21-40-35(43-42-32)29-12-8-25(9-13-29)20-31(37(46)44-22-30(23-44)38(47)48)41-36(45)33-18-19-34(49-33)39(2,3)4/h8-9,12-19,21,24,26,30-31H,5-7,10-11,20,22-23H2,1-4H3,(H,41,45)(H,47,48)/t24-,26-,31-/m0/s1. The van der Waals surface area contributed by atoms with E-state index in [9.17, 15) is 19.5 Å². The summed E-state index contributed by atoms with van der Waals surface area (Å²) in [5.74, 6) is -0.102. The van der Waals surface area contributed by atoms with Crippen LogP contribution in [-0.2, 0) is 21.4 Å². The van der Waals surface area contributed by atoms with Crippen LogP contribution in [0.1, 0.15) is 91.4 Å². The molecule has 2 aliphatic rings. The number of hydrogen-bond donors (Lipinski definition) is 2. The van der Waals surface area contributed by atoms with Gasteiger partial charge in [0.15, 0.2) is 5.82 Å². The zero-order chi connectivity index (χ0) is 34.7. The highest BCUT2D eigenvalue weighted by Crippen LogP contribution is 2.37. The van der Waals surface area contributed by atoms with Gasteiger partial charge in [-0.25, -0.2) is 4.98 Å². The molecule has 9 nitrogen and oxygen atoms in total. The van der Waals surface area contributed by atoms with Crippen molar-refractivity contribution in [2.24, 2.45) is 11.8 Å². The van der Waals surface area contributed by atoms with Crippen LogP contribution in [-0.4, -0.2) is 62.1 Å². The smallest absolute Gasteiger partial charge is 0.310 e. The monoisotopic (exact) mass is 679 g/mol. The van der Waals surface area contributed by atoms with E-state index in [-0.39, 0.29) is 36.7 Å². The highest BCUT2D eigenvalue weighted by atomic mass is 32.1. The average Bonchev–Trinajstić information content (AvgIpc) is 3.60. The van der Waals surface area contributed by atoms with Crippen molar-refractivity contribution in [3.8, 4) is 22.6 Å². The topological polar surface area (TPSA) is 125 Å². The van der Waals surface area contributed by atoms with E-state index in [1.807, 2.05) is 30.3 Å². The molecule has 1 atom stereocenters. The second-order valence-electron chi connectivity index (χ2n) is 14.5. The number of thiophene rings is 1. The van der Waals surface area contributed by atoms with E-state index in [0.29, 0.717) is 16.6 Å². The van der Waals surface area contributed by atoms with Crippen LogP contribution >= 0.6 is 11.3 Å². The van der Waals surface area contributed by atoms with E-state index in [1.165, 1.54) is 53.9 Å². The van der Waals surface area contributed by atoms with Crippen LogP contribution in [0.25, 0.3) is 22.6 Å². The number of carbonyl (C=O) groups excluding carboxylic acids is 2. The summed E-state index contributed by atoms with van der Waals surface area (Å²) in [4.78, 5) is 45.8. The van der Waals surface area contributed by atoms with Crippen molar-refractivity contribution >= 4 is 29.1 Å². The SMILES string of the molecule is CC[C@H]1CC[C@H](c2ccc(-c3cnc(-c4ccc(C[C@H](NC(=O)c5ccc(C(C)(C)C)s5)C(=O)N5CC(C(=O)O)C5)cc4)nn3)cc2)CC1. The number of likely N-dealkylation sites (tertiary alicyclic amines) is 1. The molecule has 2 fully saturated rings. The Kier molecular flexibility index (Phi) is 10.2. The molecule has 2 aromatic heterocycles. The summed E-state index contributed by atoms with van der Waals surface area (Å²) >= 11 is 1.41. The first-order valence-electron chi connectivity index (χ1n) is 17.3. The van der Waals surface area contributed by atoms with Crippen LogP contribution in [0.2, 0.25) is 0 Å². The number of nitrogens with zero attached hydrogens (tertiary/aromatic N) is 4. The van der Waals surface area contributed by atoms with Crippen LogP contribution in [0, 0.1) is 11.8 Å². The highest BCUT2D eigenvalue weighted by Gasteiger charge is 2.39. The zero-order valence-electron chi connectivity index (χ0n) is 28.7. The molecule has 2 aromatic carbocycles. The molecular formula is C39H45N5O4S. The molecule has 0 spiro atoms. The van der Waals surface area contributed by atoms with Gasteiger partial charge in [0.25, 0.3) is 5.91 Å². The Balaban J connectivity index is 1.11. The number of aromatic nitrogens is 3. The molecule has 256 valence electrons. The van der Waals surface area contributed by atoms with Gasteiger partial charge in [0.2, 0.25) is 5.91 Å². The molecule has 1 aliphatic heterocycles. The van der Waals surface area contributed by atoms with Gasteiger partial charge in [-0.3, -0.25) is 14.4 Å². The fourth-order valence-electron chi connectivity index (χ4n) is 6.72. The maximum Gasteiger partial charge on any atom is 0.310 e. The largest absolute Gasteiger partial charge is 0.481 e. The molecule has 0 bridgehead atoms. The Morgan fingerprint density at radius 2 is 1.59 bits per heavy atom. The summed E-state index contributed by atoms with van der Waals surface area (Å²) in [5, 5.41) is 21.1. The van der Waals surface area contributed by atoms with Crippen LogP contribution < -0.4 is 5.32 Å². The number of rotatable bonds is 10. The molecule has 0 unspecified atom stereocenters. The van der Waals surface area contributed by atoms with Crippen molar-refractivity contribution in [2.45, 2.75) is 83.6 Å². The third-order valence-corrected chi connectivity index (χ3v) is 11.5. The lowest BCUT2D eigenvalue weighted by atomic mass is 9.78. The Bertz CT molecular complexity index is 1770. The number of hydrogen-bond acceptors (Lipinski definition) is 7. The molecule has 6 rings (SSSR count). The number of aliphatic carboxylic acids is 1. The van der Waals surface area contributed by atoms with Gasteiger partial charge in [-0.2, -0.15) is 0 Å². The van der Waals surface area contributed by atoms with Crippen LogP contribution in [0.4, 0.5) is 0 Å². The third kappa shape index (κ3) is 8.07. The van der Waals surface area contributed by atoms with E-state index in [2.05, 4.69) is 72.5 Å². The number of carbonyl (C=O) groups is 3. The predicted molar refractivity (Wildman–Crippen MR) is 191 cm³/mol. The fraction of sp³-hybridized carbons (Fsp3) is 0.436. The maximum atomic E-state index is 13.5. The lowest BCUT2D eigenvalue weighted by Crippen LogP contribution is -2.59. The summed E-state index contributed by atoms with van der Waals surface area (Å²) in [5.41, 5.74) is 4.63. The average molecular weight is 680 g/mol. The van der Waals surface area contributed by atoms with Gasteiger partial charge in [-0.1, -0.05) is 82.6 Å². The van der Waals surface area contributed by atoms with Gasteiger partial charge in [-0.15, -0.1) is 21.5 Å². The second kappa shape index (κ2) is 14.6.